The summed E-state index contributed by atoms with van der Waals surface area (Å²) in [6.45, 7) is 6.54. The summed E-state index contributed by atoms with van der Waals surface area (Å²) in [6.07, 6.45) is 0.455. The molecule has 156 valence electrons. The van der Waals surface area contributed by atoms with E-state index in [0.29, 0.717) is 42.6 Å². The van der Waals surface area contributed by atoms with Crippen molar-refractivity contribution in [3.05, 3.63) is 34.2 Å². The first kappa shape index (κ1) is 21.0. The highest BCUT2D eigenvalue weighted by molar-refractivity contribution is 7.13. The number of ether oxygens (including phenoxy) is 1. The van der Waals surface area contributed by atoms with E-state index in [0.717, 1.165) is 23.8 Å². The van der Waals surface area contributed by atoms with Gasteiger partial charge in [0, 0.05) is 30.5 Å². The number of nitrogens with one attached hydrogen (secondary N) is 1. The molecule has 0 aliphatic carbocycles. The van der Waals surface area contributed by atoms with Crippen LogP contribution in [-0.4, -0.2) is 54.0 Å². The average molecular weight is 420 g/mol. The molecule has 1 aliphatic rings. The van der Waals surface area contributed by atoms with Gasteiger partial charge in [0.05, 0.1) is 37.5 Å². The van der Waals surface area contributed by atoms with Crippen LogP contribution in [0.3, 0.4) is 0 Å². The number of carbonyl (C=O) groups is 2. The van der Waals surface area contributed by atoms with Gasteiger partial charge in [-0.05, 0) is 19.9 Å². The Hall–Kier alpha value is -2.72. The second-order valence-corrected chi connectivity index (χ2v) is 7.54. The number of hydrogen-bond donors (Lipinski definition) is 2. The van der Waals surface area contributed by atoms with Gasteiger partial charge in [-0.3, -0.25) is 9.59 Å². The summed E-state index contributed by atoms with van der Waals surface area (Å²) in [5, 5.41) is 15.7. The number of nitrogens with zero attached hydrogens (tertiary/aromatic N) is 3. The Balaban J connectivity index is 1.55. The molecule has 1 fully saturated rings. The fourth-order valence-corrected chi connectivity index (χ4v) is 3.82. The highest BCUT2D eigenvalue weighted by atomic mass is 32.1. The number of hydrogen-bond acceptors (Lipinski definition) is 8. The van der Waals surface area contributed by atoms with Gasteiger partial charge in [0.2, 0.25) is 5.91 Å². The van der Waals surface area contributed by atoms with E-state index in [1.165, 1.54) is 11.3 Å². The molecule has 1 aliphatic heterocycles. The molecular formula is C19H24N4O5S. The lowest BCUT2D eigenvalue weighted by molar-refractivity contribution is -0.137. The zero-order chi connectivity index (χ0) is 20.8. The third-order valence-corrected chi connectivity index (χ3v) is 5.41. The van der Waals surface area contributed by atoms with Crippen LogP contribution in [-0.2, 0) is 27.2 Å². The number of furan rings is 1. The van der Waals surface area contributed by atoms with Crippen molar-refractivity contribution in [2.45, 2.75) is 33.1 Å². The van der Waals surface area contributed by atoms with Crippen molar-refractivity contribution < 1.29 is 23.8 Å². The summed E-state index contributed by atoms with van der Waals surface area (Å²) in [7, 11) is 0. The summed E-state index contributed by atoms with van der Waals surface area (Å²) in [5.41, 5.74) is 4.59. The largest absolute Gasteiger partial charge is 0.481 e. The van der Waals surface area contributed by atoms with Gasteiger partial charge in [0.25, 0.3) is 0 Å². The van der Waals surface area contributed by atoms with Crippen molar-refractivity contribution in [2.75, 3.05) is 31.2 Å². The molecule has 2 aromatic rings. The summed E-state index contributed by atoms with van der Waals surface area (Å²) >= 11 is 1.52. The van der Waals surface area contributed by atoms with Gasteiger partial charge in [-0.1, -0.05) is 0 Å². The van der Waals surface area contributed by atoms with Gasteiger partial charge >= 0.3 is 5.97 Å². The Morgan fingerprint density at radius 3 is 2.86 bits per heavy atom. The quantitative estimate of drug-likeness (QED) is 0.495. The van der Waals surface area contributed by atoms with Crippen LogP contribution >= 0.6 is 11.3 Å². The molecule has 9 nitrogen and oxygen atoms in total. The van der Waals surface area contributed by atoms with Gasteiger partial charge in [-0.2, -0.15) is 5.10 Å². The van der Waals surface area contributed by atoms with Crippen molar-refractivity contribution >= 4 is 34.1 Å². The standard InChI is InChI=1S/C19H24N4O5S/c1-12(16-10-15(28-13(16)2)3-4-18(25)26)21-22-17(24)9-14-11-29-19(20-14)23-5-7-27-8-6-23/h10-11H,3-9H2,1-2H3,(H,22,24)(H,25,26)/b21-12-. The number of hydrazone groups is 1. The number of aryl methyl sites for hydroxylation is 2. The first-order valence-electron chi connectivity index (χ1n) is 9.34. The molecule has 10 heteroatoms. The fourth-order valence-electron chi connectivity index (χ4n) is 2.94. The zero-order valence-electron chi connectivity index (χ0n) is 16.4. The predicted octanol–water partition coefficient (Wildman–Crippen LogP) is 1.98. The summed E-state index contributed by atoms with van der Waals surface area (Å²) in [4.78, 5) is 29.6. The first-order chi connectivity index (χ1) is 13.9. The minimum atomic E-state index is -0.878. The summed E-state index contributed by atoms with van der Waals surface area (Å²) in [5.74, 6) is 0.0851. The van der Waals surface area contributed by atoms with Crippen LogP contribution in [0.25, 0.3) is 0 Å². The summed E-state index contributed by atoms with van der Waals surface area (Å²) < 4.78 is 10.9. The van der Waals surface area contributed by atoms with Crippen LogP contribution < -0.4 is 10.3 Å². The Morgan fingerprint density at radius 2 is 2.14 bits per heavy atom. The van der Waals surface area contributed by atoms with Crippen molar-refractivity contribution in [3.8, 4) is 0 Å². The number of rotatable bonds is 8. The Morgan fingerprint density at radius 1 is 1.38 bits per heavy atom. The van der Waals surface area contributed by atoms with E-state index in [4.69, 9.17) is 14.3 Å². The molecule has 0 radical (unpaired) electrons. The van der Waals surface area contributed by atoms with Crippen LogP contribution in [0.5, 0.6) is 0 Å². The smallest absolute Gasteiger partial charge is 0.303 e. The molecule has 2 N–H and O–H groups in total. The minimum absolute atomic E-state index is 0.000593. The monoisotopic (exact) mass is 420 g/mol. The number of morpholine rings is 1. The van der Waals surface area contributed by atoms with Gasteiger partial charge in [-0.15, -0.1) is 11.3 Å². The average Bonchev–Trinajstić information content (AvgIpc) is 3.32. The van der Waals surface area contributed by atoms with Crippen molar-refractivity contribution in [1.29, 1.82) is 0 Å². The van der Waals surface area contributed by atoms with Crippen LogP contribution in [0, 0.1) is 6.92 Å². The first-order valence-corrected chi connectivity index (χ1v) is 10.2. The van der Waals surface area contributed by atoms with Gasteiger partial charge in [0.15, 0.2) is 5.13 Å². The lowest BCUT2D eigenvalue weighted by Crippen LogP contribution is -2.36. The Kier molecular flexibility index (Phi) is 6.99. The Bertz CT molecular complexity index is 898. The topological polar surface area (TPSA) is 117 Å². The maximum Gasteiger partial charge on any atom is 0.303 e. The van der Waals surface area contributed by atoms with Gasteiger partial charge in [-0.25, -0.2) is 10.4 Å². The summed E-state index contributed by atoms with van der Waals surface area (Å²) in [6, 6.07) is 1.76. The molecule has 0 unspecified atom stereocenters. The molecule has 1 amide bonds. The molecule has 1 saturated heterocycles. The minimum Gasteiger partial charge on any atom is -0.481 e. The normalized spacial score (nSPS) is 14.8. The number of aromatic nitrogens is 1. The number of aliphatic carboxylic acids is 1. The molecule has 0 aromatic carbocycles. The van der Waals surface area contributed by atoms with Crippen LogP contribution in [0.15, 0.2) is 21.0 Å². The lowest BCUT2D eigenvalue weighted by Gasteiger charge is -2.26. The lowest BCUT2D eigenvalue weighted by atomic mass is 10.1. The van der Waals surface area contributed by atoms with E-state index in [-0.39, 0.29) is 18.7 Å². The molecule has 3 heterocycles. The molecule has 2 aromatic heterocycles. The van der Waals surface area contributed by atoms with Crippen LogP contribution in [0.2, 0.25) is 0 Å². The molecule has 29 heavy (non-hydrogen) atoms. The van der Waals surface area contributed by atoms with E-state index in [1.54, 1.807) is 19.9 Å². The van der Waals surface area contributed by atoms with Crippen molar-refractivity contribution in [3.63, 3.8) is 0 Å². The number of carbonyl (C=O) groups excluding carboxylic acids is 1. The number of thiazole rings is 1. The number of anilines is 1. The predicted molar refractivity (Wildman–Crippen MR) is 109 cm³/mol. The Labute approximate surface area is 172 Å². The molecule has 0 spiro atoms. The van der Waals surface area contributed by atoms with Crippen LogP contribution in [0.4, 0.5) is 5.13 Å². The molecule has 0 atom stereocenters. The second-order valence-electron chi connectivity index (χ2n) is 6.71. The molecular weight excluding hydrogens is 396 g/mol. The molecule has 0 saturated carbocycles. The maximum atomic E-state index is 12.2. The highest BCUT2D eigenvalue weighted by Crippen LogP contribution is 2.21. The highest BCUT2D eigenvalue weighted by Gasteiger charge is 2.16. The fraction of sp³-hybridized carbons (Fsp3) is 0.474. The maximum absolute atomic E-state index is 12.2. The zero-order valence-corrected chi connectivity index (χ0v) is 17.3. The van der Waals surface area contributed by atoms with Crippen molar-refractivity contribution in [2.24, 2.45) is 5.10 Å². The van der Waals surface area contributed by atoms with Gasteiger partial charge < -0.3 is 19.2 Å². The number of amides is 1. The van der Waals surface area contributed by atoms with Crippen molar-refractivity contribution in [1.82, 2.24) is 10.4 Å². The van der Waals surface area contributed by atoms with Gasteiger partial charge in [0.1, 0.15) is 11.5 Å². The third kappa shape index (κ3) is 5.88. The van der Waals surface area contributed by atoms with E-state index < -0.39 is 5.97 Å². The number of carboxylic acids is 1. The molecule has 0 bridgehead atoms. The van der Waals surface area contributed by atoms with E-state index in [2.05, 4.69) is 20.4 Å². The third-order valence-electron chi connectivity index (χ3n) is 4.46. The van der Waals surface area contributed by atoms with E-state index >= 15 is 0 Å². The number of carboxylic acid groups (broad SMARTS) is 1. The van der Waals surface area contributed by atoms with E-state index in [1.807, 2.05) is 5.38 Å². The van der Waals surface area contributed by atoms with E-state index in [9.17, 15) is 9.59 Å². The SMILES string of the molecule is C/C(=N/NC(=O)Cc1csc(N2CCOCC2)n1)c1cc(CCC(=O)O)oc1C. The second kappa shape index (κ2) is 9.66. The molecule has 3 rings (SSSR count). The van der Waals surface area contributed by atoms with Crippen LogP contribution in [0.1, 0.15) is 36.1 Å².